The van der Waals surface area contributed by atoms with Crippen LogP contribution in [0.2, 0.25) is 5.02 Å². The lowest BCUT2D eigenvalue weighted by molar-refractivity contribution is -0.184. The van der Waals surface area contributed by atoms with Gasteiger partial charge in [-0.3, -0.25) is 9.63 Å². The zero-order valence-corrected chi connectivity index (χ0v) is 9.10. The van der Waals surface area contributed by atoms with Gasteiger partial charge in [0.2, 0.25) is 0 Å². The molecule has 1 aromatic carbocycles. The van der Waals surface area contributed by atoms with E-state index in [4.69, 9.17) is 17.3 Å². The molecule has 0 saturated heterocycles. The summed E-state index contributed by atoms with van der Waals surface area (Å²) in [7, 11) is 0. The quantitative estimate of drug-likeness (QED) is 0.652. The van der Waals surface area contributed by atoms with Crippen LogP contribution in [-0.2, 0) is 4.84 Å². The fraction of sp³-hybridized carbons (Fsp3) is 0.222. The Morgan fingerprint density at radius 2 is 2.06 bits per heavy atom. The van der Waals surface area contributed by atoms with E-state index in [1.807, 2.05) is 0 Å². The van der Waals surface area contributed by atoms with Gasteiger partial charge in [0.05, 0.1) is 0 Å². The van der Waals surface area contributed by atoms with Gasteiger partial charge in [0.25, 0.3) is 5.91 Å². The number of benzene rings is 1. The number of rotatable bonds is 3. The van der Waals surface area contributed by atoms with Crippen LogP contribution in [0.15, 0.2) is 18.2 Å². The summed E-state index contributed by atoms with van der Waals surface area (Å²) in [5.41, 5.74) is 7.28. The molecule has 1 rings (SSSR count). The summed E-state index contributed by atoms with van der Waals surface area (Å²) < 4.78 is 35.2. The topological polar surface area (TPSA) is 64.4 Å². The first-order valence-electron chi connectivity index (χ1n) is 4.33. The van der Waals surface area contributed by atoms with Gasteiger partial charge in [-0.05, 0) is 18.2 Å². The molecule has 0 aliphatic carbocycles. The minimum atomic E-state index is -4.51. The number of amides is 1. The predicted octanol–water partition coefficient (Wildman–Crippen LogP) is 2.15. The van der Waals surface area contributed by atoms with Gasteiger partial charge in [-0.2, -0.15) is 13.2 Å². The second kappa shape index (κ2) is 5.24. The van der Waals surface area contributed by atoms with E-state index in [1.54, 1.807) is 5.48 Å². The molecule has 0 unspecified atom stereocenters. The van der Waals surface area contributed by atoms with Gasteiger partial charge in [0, 0.05) is 16.3 Å². The SMILES string of the molecule is Nc1cc(Cl)cc(C(=O)NOCC(F)(F)F)c1. The zero-order chi connectivity index (χ0) is 13.1. The average Bonchev–Trinajstić information content (AvgIpc) is 2.13. The molecule has 17 heavy (non-hydrogen) atoms. The van der Waals surface area contributed by atoms with Crippen LogP contribution >= 0.6 is 11.6 Å². The standard InChI is InChI=1S/C9H8ClF3N2O2/c10-6-1-5(2-7(14)3-6)8(16)15-17-4-9(11,12)13/h1-3H,4,14H2,(H,15,16). The number of anilines is 1. The van der Waals surface area contributed by atoms with Crippen LogP contribution in [0.1, 0.15) is 10.4 Å². The van der Waals surface area contributed by atoms with Gasteiger partial charge in [-0.15, -0.1) is 0 Å². The molecule has 0 fully saturated rings. The normalized spacial score (nSPS) is 11.3. The number of nitrogens with one attached hydrogen (secondary N) is 1. The first-order chi connectivity index (χ1) is 7.78. The highest BCUT2D eigenvalue weighted by atomic mass is 35.5. The Morgan fingerprint density at radius 1 is 1.41 bits per heavy atom. The fourth-order valence-corrected chi connectivity index (χ4v) is 1.23. The molecular formula is C9H8ClF3N2O2. The second-order valence-corrected chi connectivity index (χ2v) is 3.54. The molecule has 4 nitrogen and oxygen atoms in total. The van der Waals surface area contributed by atoms with E-state index in [1.165, 1.54) is 18.2 Å². The Balaban J connectivity index is 2.58. The van der Waals surface area contributed by atoms with Crippen LogP contribution in [0.25, 0.3) is 0 Å². The highest BCUT2D eigenvalue weighted by Gasteiger charge is 2.28. The molecule has 1 amide bonds. The summed E-state index contributed by atoms with van der Waals surface area (Å²) in [6, 6.07) is 3.91. The molecule has 0 heterocycles. The first-order valence-corrected chi connectivity index (χ1v) is 4.71. The highest BCUT2D eigenvalue weighted by molar-refractivity contribution is 6.31. The van der Waals surface area contributed by atoms with Gasteiger partial charge in [0.15, 0.2) is 6.61 Å². The Morgan fingerprint density at radius 3 is 2.59 bits per heavy atom. The lowest BCUT2D eigenvalue weighted by Gasteiger charge is -2.08. The Kier molecular flexibility index (Phi) is 4.19. The molecular weight excluding hydrogens is 261 g/mol. The molecule has 0 aromatic heterocycles. The third kappa shape index (κ3) is 4.92. The van der Waals surface area contributed by atoms with E-state index < -0.39 is 18.7 Å². The maximum absolute atomic E-state index is 11.7. The number of hydrogen-bond acceptors (Lipinski definition) is 3. The van der Waals surface area contributed by atoms with Crippen LogP contribution in [0, 0.1) is 0 Å². The van der Waals surface area contributed by atoms with Crippen LogP contribution in [0.3, 0.4) is 0 Å². The number of halogens is 4. The average molecular weight is 269 g/mol. The predicted molar refractivity (Wildman–Crippen MR) is 55.3 cm³/mol. The van der Waals surface area contributed by atoms with E-state index in [0.717, 1.165) is 0 Å². The summed E-state index contributed by atoms with van der Waals surface area (Å²) in [6.45, 7) is -1.57. The molecule has 8 heteroatoms. The molecule has 94 valence electrons. The van der Waals surface area contributed by atoms with Crippen molar-refractivity contribution >= 4 is 23.2 Å². The van der Waals surface area contributed by atoms with E-state index in [9.17, 15) is 18.0 Å². The van der Waals surface area contributed by atoms with Crippen molar-refractivity contribution in [2.75, 3.05) is 12.3 Å². The van der Waals surface area contributed by atoms with Crippen molar-refractivity contribution in [2.24, 2.45) is 0 Å². The van der Waals surface area contributed by atoms with Crippen molar-refractivity contribution in [2.45, 2.75) is 6.18 Å². The van der Waals surface area contributed by atoms with Gasteiger partial charge in [0.1, 0.15) is 0 Å². The minimum Gasteiger partial charge on any atom is -0.399 e. The number of carbonyl (C=O) groups excluding carboxylic acids is 1. The Hall–Kier alpha value is -1.47. The van der Waals surface area contributed by atoms with E-state index in [0.29, 0.717) is 0 Å². The van der Waals surface area contributed by atoms with Crippen molar-refractivity contribution < 1.29 is 22.8 Å². The van der Waals surface area contributed by atoms with E-state index in [2.05, 4.69) is 4.84 Å². The van der Waals surface area contributed by atoms with Crippen LogP contribution in [0.4, 0.5) is 18.9 Å². The van der Waals surface area contributed by atoms with Gasteiger partial charge in [-0.25, -0.2) is 5.48 Å². The Bertz CT molecular complexity index is 403. The highest BCUT2D eigenvalue weighted by Crippen LogP contribution is 2.17. The number of carbonyl (C=O) groups is 1. The first kappa shape index (κ1) is 13.6. The monoisotopic (exact) mass is 268 g/mol. The summed E-state index contributed by atoms with van der Waals surface area (Å²) in [5, 5.41) is 0.200. The zero-order valence-electron chi connectivity index (χ0n) is 8.34. The van der Waals surface area contributed by atoms with Crippen molar-refractivity contribution in [3.05, 3.63) is 28.8 Å². The molecule has 0 aliphatic heterocycles. The fourth-order valence-electron chi connectivity index (χ4n) is 0.986. The van der Waals surface area contributed by atoms with Crippen molar-refractivity contribution in [3.63, 3.8) is 0 Å². The van der Waals surface area contributed by atoms with E-state index >= 15 is 0 Å². The van der Waals surface area contributed by atoms with Crippen molar-refractivity contribution in [3.8, 4) is 0 Å². The molecule has 0 saturated carbocycles. The van der Waals surface area contributed by atoms with Gasteiger partial charge < -0.3 is 5.73 Å². The molecule has 0 spiro atoms. The number of nitrogens with two attached hydrogens (primary N) is 1. The van der Waals surface area contributed by atoms with Crippen LogP contribution in [-0.4, -0.2) is 18.7 Å². The summed E-state index contributed by atoms with van der Waals surface area (Å²) >= 11 is 5.62. The Labute approximate surface area is 99.4 Å². The molecule has 1 aromatic rings. The summed E-state index contributed by atoms with van der Waals surface area (Å²) in [6.07, 6.45) is -4.51. The molecule has 0 aliphatic rings. The number of alkyl halides is 3. The smallest absolute Gasteiger partial charge is 0.399 e. The number of hydroxylamine groups is 1. The third-order valence-electron chi connectivity index (χ3n) is 1.58. The van der Waals surface area contributed by atoms with Crippen molar-refractivity contribution in [1.29, 1.82) is 0 Å². The minimum absolute atomic E-state index is 0.0113. The summed E-state index contributed by atoms with van der Waals surface area (Å²) in [5.74, 6) is -0.858. The van der Waals surface area contributed by atoms with Crippen LogP contribution in [0.5, 0.6) is 0 Å². The second-order valence-electron chi connectivity index (χ2n) is 3.11. The lowest BCUT2D eigenvalue weighted by Crippen LogP contribution is -2.29. The molecule has 0 bridgehead atoms. The van der Waals surface area contributed by atoms with E-state index in [-0.39, 0.29) is 16.3 Å². The van der Waals surface area contributed by atoms with Crippen LogP contribution < -0.4 is 11.2 Å². The third-order valence-corrected chi connectivity index (χ3v) is 1.80. The van der Waals surface area contributed by atoms with Gasteiger partial charge >= 0.3 is 6.18 Å². The number of nitrogen functional groups attached to an aromatic ring is 1. The molecule has 0 atom stereocenters. The summed E-state index contributed by atoms with van der Waals surface area (Å²) in [4.78, 5) is 15.3. The van der Waals surface area contributed by atoms with Gasteiger partial charge in [-0.1, -0.05) is 11.6 Å². The maximum Gasteiger partial charge on any atom is 0.414 e. The lowest BCUT2D eigenvalue weighted by atomic mass is 10.2. The number of hydrogen-bond donors (Lipinski definition) is 2. The van der Waals surface area contributed by atoms with Crippen molar-refractivity contribution in [1.82, 2.24) is 5.48 Å². The largest absolute Gasteiger partial charge is 0.414 e. The molecule has 0 radical (unpaired) electrons. The molecule has 3 N–H and O–H groups in total. The maximum atomic E-state index is 11.7.